The molecule has 0 aliphatic heterocycles. The monoisotopic (exact) mass is 200 g/mol. The van der Waals surface area contributed by atoms with Crippen LogP contribution >= 0.6 is 11.6 Å². The maximum atomic E-state index is 5.61. The molecule has 0 amide bonds. The van der Waals surface area contributed by atoms with E-state index in [0.29, 0.717) is 18.3 Å². The van der Waals surface area contributed by atoms with E-state index >= 15 is 0 Å². The summed E-state index contributed by atoms with van der Waals surface area (Å²) in [6.45, 7) is 4.55. The molecule has 72 valence electrons. The van der Waals surface area contributed by atoms with Crippen molar-refractivity contribution in [1.82, 2.24) is 9.97 Å². The van der Waals surface area contributed by atoms with Crippen molar-refractivity contribution >= 4 is 11.6 Å². The van der Waals surface area contributed by atoms with Crippen LogP contribution in [0.15, 0.2) is 12.4 Å². The van der Waals surface area contributed by atoms with Crippen LogP contribution in [0.1, 0.15) is 31.3 Å². The molecule has 3 nitrogen and oxygen atoms in total. The molecule has 0 aliphatic rings. The third kappa shape index (κ3) is 2.94. The molecule has 0 spiro atoms. The summed E-state index contributed by atoms with van der Waals surface area (Å²) < 4.78 is 5.34. The van der Waals surface area contributed by atoms with Gasteiger partial charge in [0.2, 0.25) is 0 Å². The zero-order valence-corrected chi connectivity index (χ0v) is 8.58. The van der Waals surface area contributed by atoms with Crippen LogP contribution in [-0.4, -0.2) is 16.6 Å². The Morgan fingerprint density at radius 3 is 2.54 bits per heavy atom. The van der Waals surface area contributed by atoms with E-state index in [1.54, 1.807) is 12.4 Å². The predicted molar refractivity (Wildman–Crippen MR) is 51.6 cm³/mol. The van der Waals surface area contributed by atoms with Gasteiger partial charge in [-0.15, -0.1) is 11.6 Å². The second-order valence-corrected chi connectivity index (χ2v) is 2.95. The molecule has 4 heteroatoms. The van der Waals surface area contributed by atoms with E-state index in [-0.39, 0.29) is 6.10 Å². The lowest BCUT2D eigenvalue weighted by atomic mass is 10.3. The van der Waals surface area contributed by atoms with Crippen molar-refractivity contribution < 1.29 is 4.74 Å². The molecule has 1 atom stereocenters. The van der Waals surface area contributed by atoms with E-state index < -0.39 is 0 Å². The molecule has 0 saturated carbocycles. The second-order valence-electron chi connectivity index (χ2n) is 2.68. The Balaban J connectivity index is 2.67. The van der Waals surface area contributed by atoms with E-state index in [1.807, 2.05) is 13.8 Å². The molecule has 0 bridgehead atoms. The van der Waals surface area contributed by atoms with E-state index in [0.717, 1.165) is 5.56 Å². The highest BCUT2D eigenvalue weighted by atomic mass is 35.5. The fraction of sp³-hybridized carbons (Fsp3) is 0.556. The number of rotatable bonds is 4. The largest absolute Gasteiger partial charge is 0.371 e. The summed E-state index contributed by atoms with van der Waals surface area (Å²) in [6, 6.07) is 0. The van der Waals surface area contributed by atoms with E-state index in [4.69, 9.17) is 16.3 Å². The molecule has 1 heterocycles. The average Bonchev–Trinajstić information content (AvgIpc) is 2.18. The van der Waals surface area contributed by atoms with Gasteiger partial charge in [-0.25, -0.2) is 9.97 Å². The first-order chi connectivity index (χ1) is 6.27. The van der Waals surface area contributed by atoms with Gasteiger partial charge in [-0.05, 0) is 13.8 Å². The number of alkyl halides is 1. The van der Waals surface area contributed by atoms with Gasteiger partial charge in [0.25, 0.3) is 0 Å². The first-order valence-electron chi connectivity index (χ1n) is 4.26. The maximum Gasteiger partial charge on any atom is 0.156 e. The summed E-state index contributed by atoms with van der Waals surface area (Å²) in [5.74, 6) is 1.15. The molecule has 1 aromatic rings. The Bertz CT molecular complexity index is 250. The van der Waals surface area contributed by atoms with Gasteiger partial charge in [0.1, 0.15) is 6.10 Å². The summed E-state index contributed by atoms with van der Waals surface area (Å²) in [5.41, 5.74) is 0.925. The molecule has 0 aromatic carbocycles. The third-order valence-corrected chi connectivity index (χ3v) is 1.97. The van der Waals surface area contributed by atoms with Gasteiger partial charge >= 0.3 is 0 Å². The molecule has 1 aromatic heterocycles. The van der Waals surface area contributed by atoms with Crippen LogP contribution in [0.25, 0.3) is 0 Å². The van der Waals surface area contributed by atoms with Crippen molar-refractivity contribution in [3.05, 3.63) is 23.8 Å². The highest BCUT2D eigenvalue weighted by Gasteiger charge is 2.07. The highest BCUT2D eigenvalue weighted by Crippen LogP contribution is 2.11. The summed E-state index contributed by atoms with van der Waals surface area (Å²) in [5, 5.41) is 0. The molecule has 0 saturated heterocycles. The Morgan fingerprint density at radius 1 is 1.46 bits per heavy atom. The Labute approximate surface area is 83.1 Å². The molecular formula is C9H13ClN2O. The van der Waals surface area contributed by atoms with Crippen LogP contribution < -0.4 is 0 Å². The quantitative estimate of drug-likeness (QED) is 0.700. The minimum Gasteiger partial charge on any atom is -0.371 e. The summed E-state index contributed by atoms with van der Waals surface area (Å²) in [4.78, 5) is 8.30. The second kappa shape index (κ2) is 5.14. The van der Waals surface area contributed by atoms with Gasteiger partial charge in [0.05, 0.1) is 5.88 Å². The van der Waals surface area contributed by atoms with E-state index in [9.17, 15) is 0 Å². The Hall–Kier alpha value is -0.670. The number of halogens is 1. The van der Waals surface area contributed by atoms with Gasteiger partial charge in [-0.1, -0.05) is 0 Å². The normalized spacial score (nSPS) is 12.8. The SMILES string of the molecule is CCOC(C)c1ncc(CCl)cn1. The lowest BCUT2D eigenvalue weighted by molar-refractivity contribution is 0.0700. The molecular weight excluding hydrogens is 188 g/mol. The molecule has 1 rings (SSSR count). The van der Waals surface area contributed by atoms with Gasteiger partial charge in [-0.3, -0.25) is 0 Å². The average molecular weight is 201 g/mol. The fourth-order valence-electron chi connectivity index (χ4n) is 0.968. The van der Waals surface area contributed by atoms with Crippen molar-refractivity contribution in [2.24, 2.45) is 0 Å². The molecule has 0 N–H and O–H groups in total. The highest BCUT2D eigenvalue weighted by molar-refractivity contribution is 6.17. The summed E-state index contributed by atoms with van der Waals surface area (Å²) >= 11 is 5.61. The zero-order chi connectivity index (χ0) is 9.68. The van der Waals surface area contributed by atoms with E-state index in [1.165, 1.54) is 0 Å². The number of aromatic nitrogens is 2. The molecule has 0 fully saturated rings. The zero-order valence-electron chi connectivity index (χ0n) is 7.83. The third-order valence-electron chi connectivity index (χ3n) is 1.66. The number of nitrogens with zero attached hydrogens (tertiary/aromatic N) is 2. The van der Waals surface area contributed by atoms with Crippen LogP contribution in [0.2, 0.25) is 0 Å². The Morgan fingerprint density at radius 2 is 2.08 bits per heavy atom. The summed E-state index contributed by atoms with van der Waals surface area (Å²) in [7, 11) is 0. The van der Waals surface area contributed by atoms with Crippen molar-refractivity contribution in [1.29, 1.82) is 0 Å². The topological polar surface area (TPSA) is 35.0 Å². The van der Waals surface area contributed by atoms with Gasteiger partial charge in [0, 0.05) is 24.6 Å². The number of hydrogen-bond acceptors (Lipinski definition) is 3. The van der Waals surface area contributed by atoms with Crippen LogP contribution in [0, 0.1) is 0 Å². The first kappa shape index (κ1) is 10.4. The molecule has 13 heavy (non-hydrogen) atoms. The van der Waals surface area contributed by atoms with Crippen molar-refractivity contribution in [2.75, 3.05) is 6.61 Å². The molecule has 0 aliphatic carbocycles. The smallest absolute Gasteiger partial charge is 0.156 e. The van der Waals surface area contributed by atoms with Crippen LogP contribution in [-0.2, 0) is 10.6 Å². The molecule has 1 unspecified atom stereocenters. The maximum absolute atomic E-state index is 5.61. The number of ether oxygens (including phenoxy) is 1. The Kier molecular flexibility index (Phi) is 4.12. The van der Waals surface area contributed by atoms with Crippen molar-refractivity contribution in [3.63, 3.8) is 0 Å². The van der Waals surface area contributed by atoms with Crippen molar-refractivity contribution in [2.45, 2.75) is 25.8 Å². The minimum atomic E-state index is -0.0469. The first-order valence-corrected chi connectivity index (χ1v) is 4.79. The molecule has 0 radical (unpaired) electrons. The fourth-order valence-corrected chi connectivity index (χ4v) is 1.11. The van der Waals surface area contributed by atoms with Crippen molar-refractivity contribution in [3.8, 4) is 0 Å². The standard InChI is InChI=1S/C9H13ClN2O/c1-3-13-7(2)9-11-5-8(4-10)6-12-9/h5-7H,3-4H2,1-2H3. The van der Waals surface area contributed by atoms with Crippen LogP contribution in [0.4, 0.5) is 0 Å². The predicted octanol–water partition coefficient (Wildman–Crippen LogP) is 2.31. The van der Waals surface area contributed by atoms with E-state index in [2.05, 4.69) is 9.97 Å². The van der Waals surface area contributed by atoms with Gasteiger partial charge in [0.15, 0.2) is 5.82 Å². The van der Waals surface area contributed by atoms with Gasteiger partial charge in [-0.2, -0.15) is 0 Å². The summed E-state index contributed by atoms with van der Waals surface area (Å²) in [6.07, 6.45) is 3.41. The van der Waals surface area contributed by atoms with Crippen LogP contribution in [0.5, 0.6) is 0 Å². The van der Waals surface area contributed by atoms with Crippen LogP contribution in [0.3, 0.4) is 0 Å². The lowest BCUT2D eigenvalue weighted by Crippen LogP contribution is -2.04. The minimum absolute atomic E-state index is 0.0469. The van der Waals surface area contributed by atoms with Gasteiger partial charge < -0.3 is 4.74 Å². The number of hydrogen-bond donors (Lipinski definition) is 0. The lowest BCUT2D eigenvalue weighted by Gasteiger charge is -2.09.